The highest BCUT2D eigenvalue weighted by molar-refractivity contribution is 5.85. The number of ketones is 1. The molecule has 1 aliphatic heterocycles. The summed E-state index contributed by atoms with van der Waals surface area (Å²) in [5.74, 6) is 1.19. The maximum atomic E-state index is 12.3. The fourth-order valence-electron chi connectivity index (χ4n) is 5.65. The van der Waals surface area contributed by atoms with Crippen molar-refractivity contribution in [2.45, 2.75) is 72.5 Å². The topological polar surface area (TPSA) is 63.6 Å². The number of aliphatic hydroxyl groups is 1. The Hall–Kier alpha value is -1.16. The van der Waals surface area contributed by atoms with Gasteiger partial charge in [0, 0.05) is 24.0 Å². The molecule has 0 aromatic rings. The van der Waals surface area contributed by atoms with Crippen molar-refractivity contribution in [2.24, 2.45) is 28.6 Å². The number of ether oxygens (including phenoxy) is 1. The van der Waals surface area contributed by atoms with Crippen LogP contribution in [0.15, 0.2) is 11.6 Å². The standard InChI is InChI=1S/C20H30O4/c1-12-7-9-20(4)13(2)15(21)5-6-16(20)19(12,3)10-8-14-11-17(22)24-18(14)23/h11-13,16,18,23H,5-10H2,1-4H3. The number of Topliss-reactive ketones (excluding diaryl/α,β-unsaturated/α-hetero) is 1. The summed E-state index contributed by atoms with van der Waals surface area (Å²) < 4.78 is 4.81. The minimum Gasteiger partial charge on any atom is -0.429 e. The zero-order valence-electron chi connectivity index (χ0n) is 15.3. The molecule has 0 spiro atoms. The van der Waals surface area contributed by atoms with Crippen LogP contribution in [0.5, 0.6) is 0 Å². The van der Waals surface area contributed by atoms with Crippen molar-refractivity contribution >= 4 is 11.8 Å². The number of carbonyl (C=O) groups excluding carboxylic acids is 2. The van der Waals surface area contributed by atoms with Crippen LogP contribution >= 0.6 is 0 Å². The van der Waals surface area contributed by atoms with E-state index >= 15 is 0 Å². The Morgan fingerprint density at radius 3 is 2.58 bits per heavy atom. The zero-order chi connectivity index (χ0) is 17.7. The Kier molecular flexibility index (Phi) is 4.40. The summed E-state index contributed by atoms with van der Waals surface area (Å²) in [5.41, 5.74) is 0.889. The van der Waals surface area contributed by atoms with Gasteiger partial charge in [-0.1, -0.05) is 27.7 Å². The van der Waals surface area contributed by atoms with Crippen molar-refractivity contribution in [1.29, 1.82) is 0 Å². The molecule has 0 aromatic heterocycles. The van der Waals surface area contributed by atoms with Crippen LogP contribution in [0.4, 0.5) is 0 Å². The van der Waals surface area contributed by atoms with Crippen LogP contribution in [0.3, 0.4) is 0 Å². The van der Waals surface area contributed by atoms with Crippen molar-refractivity contribution in [1.82, 2.24) is 0 Å². The van der Waals surface area contributed by atoms with E-state index in [1.807, 2.05) is 0 Å². The van der Waals surface area contributed by atoms with Crippen LogP contribution in [0, 0.1) is 28.6 Å². The third kappa shape index (κ3) is 2.63. The molecule has 1 N–H and O–H groups in total. The van der Waals surface area contributed by atoms with Crippen molar-refractivity contribution < 1.29 is 19.4 Å². The molecule has 0 radical (unpaired) electrons. The van der Waals surface area contributed by atoms with Gasteiger partial charge < -0.3 is 9.84 Å². The van der Waals surface area contributed by atoms with E-state index in [1.54, 1.807) is 0 Å². The van der Waals surface area contributed by atoms with Gasteiger partial charge in [-0.3, -0.25) is 4.79 Å². The monoisotopic (exact) mass is 334 g/mol. The minimum absolute atomic E-state index is 0.0750. The second kappa shape index (κ2) is 5.98. The highest BCUT2D eigenvalue weighted by Crippen LogP contribution is 2.62. The normalized spacial score (nSPS) is 45.6. The van der Waals surface area contributed by atoms with E-state index < -0.39 is 12.3 Å². The molecule has 2 fully saturated rings. The lowest BCUT2D eigenvalue weighted by atomic mass is 9.44. The van der Waals surface area contributed by atoms with Gasteiger partial charge in [-0.05, 0) is 54.8 Å². The third-order valence-corrected chi connectivity index (χ3v) is 7.79. The molecule has 0 aromatic carbocycles. The first kappa shape index (κ1) is 17.7. The van der Waals surface area contributed by atoms with Gasteiger partial charge in [0.1, 0.15) is 5.78 Å². The Morgan fingerprint density at radius 2 is 1.96 bits per heavy atom. The van der Waals surface area contributed by atoms with Gasteiger partial charge in [0.15, 0.2) is 0 Å². The largest absolute Gasteiger partial charge is 0.429 e. The van der Waals surface area contributed by atoms with Crippen LogP contribution in [0.25, 0.3) is 0 Å². The smallest absolute Gasteiger partial charge is 0.333 e. The number of aliphatic hydroxyl groups excluding tert-OH is 1. The average molecular weight is 334 g/mol. The van der Waals surface area contributed by atoms with E-state index in [0.717, 1.165) is 25.7 Å². The molecule has 134 valence electrons. The van der Waals surface area contributed by atoms with E-state index in [4.69, 9.17) is 4.74 Å². The van der Waals surface area contributed by atoms with Crippen molar-refractivity contribution in [3.63, 3.8) is 0 Å². The van der Waals surface area contributed by atoms with Gasteiger partial charge in [0.25, 0.3) is 0 Å². The molecule has 0 bridgehead atoms. The van der Waals surface area contributed by atoms with Crippen LogP contribution in [-0.4, -0.2) is 23.1 Å². The molecule has 3 rings (SSSR count). The minimum atomic E-state index is -1.07. The second-order valence-electron chi connectivity index (χ2n) is 8.74. The quantitative estimate of drug-likeness (QED) is 0.801. The SMILES string of the molecule is CC1CCC2(C)C(C)C(=O)CCC2C1(C)CCC1=CC(=O)OC1O. The number of cyclic esters (lactones) is 1. The predicted molar refractivity (Wildman–Crippen MR) is 90.9 cm³/mol. The summed E-state index contributed by atoms with van der Waals surface area (Å²) in [7, 11) is 0. The second-order valence-corrected chi connectivity index (χ2v) is 8.74. The summed E-state index contributed by atoms with van der Waals surface area (Å²) in [6.07, 6.45) is 5.89. The maximum absolute atomic E-state index is 12.3. The summed E-state index contributed by atoms with van der Waals surface area (Å²) in [6.45, 7) is 9.09. The summed E-state index contributed by atoms with van der Waals surface area (Å²) in [4.78, 5) is 23.6. The van der Waals surface area contributed by atoms with Crippen LogP contribution < -0.4 is 0 Å². The fourth-order valence-corrected chi connectivity index (χ4v) is 5.65. The van der Waals surface area contributed by atoms with Crippen molar-refractivity contribution in [3.8, 4) is 0 Å². The number of hydrogen-bond donors (Lipinski definition) is 1. The molecule has 2 aliphatic carbocycles. The molecule has 3 aliphatic rings. The van der Waals surface area contributed by atoms with Crippen molar-refractivity contribution in [3.05, 3.63) is 11.6 Å². The Labute approximate surface area is 144 Å². The first-order chi connectivity index (χ1) is 11.2. The zero-order valence-corrected chi connectivity index (χ0v) is 15.3. The Bertz CT molecular complexity index is 580. The molecule has 4 heteroatoms. The van der Waals surface area contributed by atoms with E-state index in [1.165, 1.54) is 6.08 Å². The third-order valence-electron chi connectivity index (χ3n) is 7.79. The summed E-state index contributed by atoms with van der Waals surface area (Å²) >= 11 is 0. The van der Waals surface area contributed by atoms with Gasteiger partial charge in [0.2, 0.25) is 6.29 Å². The summed E-state index contributed by atoms with van der Waals surface area (Å²) in [6, 6.07) is 0. The molecule has 24 heavy (non-hydrogen) atoms. The number of rotatable bonds is 3. The number of fused-ring (bicyclic) bond motifs is 1. The van der Waals surface area contributed by atoms with Crippen molar-refractivity contribution in [2.75, 3.05) is 0 Å². The maximum Gasteiger partial charge on any atom is 0.333 e. The number of esters is 1. The van der Waals surface area contributed by atoms with E-state index in [9.17, 15) is 14.7 Å². The average Bonchev–Trinajstić information content (AvgIpc) is 2.85. The molecule has 6 atom stereocenters. The predicted octanol–water partition coefficient (Wildman–Crippen LogP) is 3.63. The van der Waals surface area contributed by atoms with Gasteiger partial charge in [-0.15, -0.1) is 0 Å². The van der Waals surface area contributed by atoms with Gasteiger partial charge >= 0.3 is 5.97 Å². The molecule has 4 nitrogen and oxygen atoms in total. The van der Waals surface area contributed by atoms with Gasteiger partial charge in [0.05, 0.1) is 0 Å². The van der Waals surface area contributed by atoms with Gasteiger partial charge in [-0.25, -0.2) is 4.79 Å². The number of carbonyl (C=O) groups is 2. The Balaban J connectivity index is 1.82. The molecule has 0 saturated heterocycles. The lowest BCUT2D eigenvalue weighted by Gasteiger charge is -2.59. The first-order valence-electron chi connectivity index (χ1n) is 9.30. The summed E-state index contributed by atoms with van der Waals surface area (Å²) in [5, 5.41) is 9.84. The highest BCUT2D eigenvalue weighted by Gasteiger charge is 2.56. The van der Waals surface area contributed by atoms with Crippen LogP contribution in [0.2, 0.25) is 0 Å². The molecular formula is C20H30O4. The fraction of sp³-hybridized carbons (Fsp3) is 0.800. The lowest BCUT2D eigenvalue weighted by Crippen LogP contribution is -2.54. The van der Waals surface area contributed by atoms with Crippen LogP contribution in [-0.2, 0) is 14.3 Å². The van der Waals surface area contributed by atoms with Crippen LogP contribution in [0.1, 0.15) is 66.2 Å². The van der Waals surface area contributed by atoms with E-state index in [-0.39, 0.29) is 16.7 Å². The van der Waals surface area contributed by atoms with Gasteiger partial charge in [-0.2, -0.15) is 0 Å². The molecule has 2 saturated carbocycles. The molecule has 0 amide bonds. The molecular weight excluding hydrogens is 304 g/mol. The first-order valence-corrected chi connectivity index (χ1v) is 9.30. The Morgan fingerprint density at radius 1 is 1.25 bits per heavy atom. The lowest BCUT2D eigenvalue weighted by molar-refractivity contribution is -0.151. The van der Waals surface area contributed by atoms with E-state index in [0.29, 0.717) is 36.0 Å². The molecule has 6 unspecified atom stereocenters. The van der Waals surface area contributed by atoms with E-state index in [2.05, 4.69) is 27.7 Å². The number of hydrogen-bond acceptors (Lipinski definition) is 4. The highest BCUT2D eigenvalue weighted by atomic mass is 16.6. The molecule has 1 heterocycles.